The van der Waals surface area contributed by atoms with Crippen LogP contribution in [0.1, 0.15) is 19.8 Å². The molecule has 0 aliphatic rings. The van der Waals surface area contributed by atoms with Gasteiger partial charge in [0, 0.05) is 17.4 Å². The number of unbranched alkanes of at least 4 members (excludes halogenated alkanes) is 1. The number of hydrogen-bond donors (Lipinski definition) is 2. The molecule has 0 aromatic heterocycles. The van der Waals surface area contributed by atoms with E-state index in [1.54, 1.807) is 0 Å². The highest BCUT2D eigenvalue weighted by Crippen LogP contribution is 2.19. The fourth-order valence-electron chi connectivity index (χ4n) is 2.68. The third-order valence-corrected chi connectivity index (χ3v) is 4.09. The molecule has 0 bridgehead atoms. The molecular formula is C22H24N2O2. The molecule has 0 spiro atoms. The van der Waals surface area contributed by atoms with E-state index in [1.165, 1.54) is 5.39 Å². The summed E-state index contributed by atoms with van der Waals surface area (Å²) in [6.07, 6.45) is 2.11. The van der Waals surface area contributed by atoms with Gasteiger partial charge in [0.1, 0.15) is 5.75 Å². The van der Waals surface area contributed by atoms with Gasteiger partial charge in [0.05, 0.1) is 13.2 Å². The van der Waals surface area contributed by atoms with Crippen molar-refractivity contribution in [2.75, 3.05) is 23.8 Å². The van der Waals surface area contributed by atoms with Crippen LogP contribution in [-0.2, 0) is 4.79 Å². The summed E-state index contributed by atoms with van der Waals surface area (Å²) < 4.78 is 5.67. The normalized spacial score (nSPS) is 10.5. The molecule has 134 valence electrons. The lowest BCUT2D eigenvalue weighted by Crippen LogP contribution is -2.21. The number of fused-ring (bicyclic) bond motifs is 1. The lowest BCUT2D eigenvalue weighted by atomic mass is 10.1. The van der Waals surface area contributed by atoms with Gasteiger partial charge in [-0.25, -0.2) is 0 Å². The predicted molar refractivity (Wildman–Crippen MR) is 108 cm³/mol. The molecule has 4 heteroatoms. The van der Waals surface area contributed by atoms with Crippen molar-refractivity contribution in [3.05, 3.63) is 66.7 Å². The monoisotopic (exact) mass is 348 g/mol. The van der Waals surface area contributed by atoms with Crippen LogP contribution in [0.25, 0.3) is 10.8 Å². The zero-order chi connectivity index (χ0) is 18.2. The molecule has 0 saturated carbocycles. The van der Waals surface area contributed by atoms with Crippen molar-refractivity contribution >= 4 is 28.1 Å². The molecule has 0 radical (unpaired) electrons. The molecule has 26 heavy (non-hydrogen) atoms. The summed E-state index contributed by atoms with van der Waals surface area (Å²) in [6, 6.07) is 21.7. The van der Waals surface area contributed by atoms with E-state index in [-0.39, 0.29) is 12.5 Å². The van der Waals surface area contributed by atoms with E-state index in [4.69, 9.17) is 4.74 Å². The number of amides is 1. The minimum absolute atomic E-state index is 0.0936. The quantitative estimate of drug-likeness (QED) is 0.559. The van der Waals surface area contributed by atoms with Crippen LogP contribution in [0.4, 0.5) is 11.4 Å². The van der Waals surface area contributed by atoms with Crippen molar-refractivity contribution in [3.63, 3.8) is 0 Å². The number of carbonyl (C=O) groups is 1. The molecule has 3 aromatic rings. The highest BCUT2D eigenvalue weighted by molar-refractivity contribution is 5.94. The first-order valence-corrected chi connectivity index (χ1v) is 9.00. The zero-order valence-corrected chi connectivity index (χ0v) is 15.0. The van der Waals surface area contributed by atoms with Gasteiger partial charge in [-0.3, -0.25) is 4.79 Å². The molecule has 0 saturated heterocycles. The van der Waals surface area contributed by atoms with Gasteiger partial charge >= 0.3 is 0 Å². The molecule has 3 rings (SSSR count). The third-order valence-electron chi connectivity index (χ3n) is 4.09. The minimum Gasteiger partial charge on any atom is -0.494 e. The van der Waals surface area contributed by atoms with E-state index in [9.17, 15) is 4.79 Å². The molecule has 0 aliphatic heterocycles. The second-order valence-corrected chi connectivity index (χ2v) is 6.19. The Morgan fingerprint density at radius 2 is 1.77 bits per heavy atom. The minimum atomic E-state index is -0.0936. The van der Waals surface area contributed by atoms with Crippen molar-refractivity contribution in [3.8, 4) is 5.75 Å². The number of hydrogen-bond acceptors (Lipinski definition) is 3. The summed E-state index contributed by atoms with van der Waals surface area (Å²) in [7, 11) is 0. The van der Waals surface area contributed by atoms with E-state index < -0.39 is 0 Å². The van der Waals surface area contributed by atoms with Gasteiger partial charge in [0.15, 0.2) is 0 Å². The second-order valence-electron chi connectivity index (χ2n) is 6.19. The number of ether oxygens (including phenoxy) is 1. The SMILES string of the molecule is CCCCOc1cccc(NC(=O)CNc2ccc3ccccc3c2)c1. The summed E-state index contributed by atoms with van der Waals surface area (Å²) in [5.41, 5.74) is 1.67. The smallest absolute Gasteiger partial charge is 0.243 e. The molecule has 0 fully saturated rings. The van der Waals surface area contributed by atoms with Crippen LogP contribution < -0.4 is 15.4 Å². The third kappa shape index (κ3) is 4.99. The number of rotatable bonds is 8. The first-order chi connectivity index (χ1) is 12.7. The number of benzene rings is 3. The summed E-state index contributed by atoms with van der Waals surface area (Å²) in [4.78, 5) is 12.2. The second kappa shape index (κ2) is 8.90. The van der Waals surface area contributed by atoms with E-state index in [2.05, 4.69) is 29.7 Å². The van der Waals surface area contributed by atoms with Crippen molar-refractivity contribution in [2.24, 2.45) is 0 Å². The van der Waals surface area contributed by atoms with Gasteiger partial charge in [-0.2, -0.15) is 0 Å². The Bertz CT molecular complexity index is 877. The van der Waals surface area contributed by atoms with E-state index >= 15 is 0 Å². The Morgan fingerprint density at radius 3 is 2.62 bits per heavy atom. The summed E-state index contributed by atoms with van der Waals surface area (Å²) in [5.74, 6) is 0.683. The number of nitrogens with one attached hydrogen (secondary N) is 2. The van der Waals surface area contributed by atoms with Gasteiger partial charge in [0.2, 0.25) is 5.91 Å². The first-order valence-electron chi connectivity index (χ1n) is 9.00. The van der Waals surface area contributed by atoms with Crippen molar-refractivity contribution in [1.82, 2.24) is 0 Å². The maximum atomic E-state index is 12.2. The molecule has 0 aliphatic carbocycles. The van der Waals surface area contributed by atoms with Crippen LogP contribution in [0.15, 0.2) is 66.7 Å². The molecule has 1 amide bonds. The Hall–Kier alpha value is -3.01. The Morgan fingerprint density at radius 1 is 0.923 bits per heavy atom. The Labute approximate surface area is 154 Å². The van der Waals surface area contributed by atoms with Crippen LogP contribution >= 0.6 is 0 Å². The molecule has 2 N–H and O–H groups in total. The maximum absolute atomic E-state index is 12.2. The molecular weight excluding hydrogens is 324 g/mol. The fraction of sp³-hybridized carbons (Fsp3) is 0.227. The molecule has 3 aromatic carbocycles. The van der Waals surface area contributed by atoms with Crippen LogP contribution in [0.3, 0.4) is 0 Å². The summed E-state index contributed by atoms with van der Waals surface area (Å²) >= 11 is 0. The lowest BCUT2D eigenvalue weighted by molar-refractivity contribution is -0.114. The van der Waals surface area contributed by atoms with Crippen molar-refractivity contribution in [2.45, 2.75) is 19.8 Å². The summed E-state index contributed by atoms with van der Waals surface area (Å²) in [6.45, 7) is 3.03. The average molecular weight is 348 g/mol. The predicted octanol–water partition coefficient (Wildman–Crippen LogP) is 5.07. The Balaban J connectivity index is 1.54. The summed E-state index contributed by atoms with van der Waals surface area (Å²) in [5, 5.41) is 8.40. The molecule has 0 atom stereocenters. The van der Waals surface area contributed by atoms with E-state index in [1.807, 2.05) is 54.6 Å². The van der Waals surface area contributed by atoms with Gasteiger partial charge in [-0.1, -0.05) is 49.7 Å². The van der Waals surface area contributed by atoms with Gasteiger partial charge in [-0.15, -0.1) is 0 Å². The van der Waals surface area contributed by atoms with Gasteiger partial charge in [0.25, 0.3) is 0 Å². The maximum Gasteiger partial charge on any atom is 0.243 e. The van der Waals surface area contributed by atoms with Gasteiger partial charge in [-0.05, 0) is 41.5 Å². The number of carbonyl (C=O) groups excluding carboxylic acids is 1. The number of anilines is 2. The lowest BCUT2D eigenvalue weighted by Gasteiger charge is -2.10. The van der Waals surface area contributed by atoms with Crippen LogP contribution in [0.5, 0.6) is 5.75 Å². The standard InChI is InChI=1S/C22H24N2O2/c1-2-3-13-26-21-10-6-9-20(15-21)24-22(25)16-23-19-12-11-17-7-4-5-8-18(17)14-19/h4-12,14-15,23H,2-3,13,16H2,1H3,(H,24,25). The van der Waals surface area contributed by atoms with Crippen molar-refractivity contribution in [1.29, 1.82) is 0 Å². The first kappa shape index (κ1) is 17.8. The average Bonchev–Trinajstić information content (AvgIpc) is 2.67. The fourth-order valence-corrected chi connectivity index (χ4v) is 2.68. The molecule has 0 unspecified atom stereocenters. The van der Waals surface area contributed by atoms with E-state index in [0.29, 0.717) is 6.61 Å². The zero-order valence-electron chi connectivity index (χ0n) is 15.0. The van der Waals surface area contributed by atoms with E-state index in [0.717, 1.165) is 35.4 Å². The van der Waals surface area contributed by atoms with Crippen molar-refractivity contribution < 1.29 is 9.53 Å². The molecule has 0 heterocycles. The highest BCUT2D eigenvalue weighted by atomic mass is 16.5. The van der Waals surface area contributed by atoms with Crippen LogP contribution in [0.2, 0.25) is 0 Å². The molecule has 4 nitrogen and oxygen atoms in total. The highest BCUT2D eigenvalue weighted by Gasteiger charge is 2.04. The topological polar surface area (TPSA) is 50.4 Å². The van der Waals surface area contributed by atoms with Crippen LogP contribution in [0, 0.1) is 0 Å². The largest absolute Gasteiger partial charge is 0.494 e. The van der Waals surface area contributed by atoms with Crippen LogP contribution in [-0.4, -0.2) is 19.1 Å². The Kier molecular flexibility index (Phi) is 6.09. The van der Waals surface area contributed by atoms with Gasteiger partial charge < -0.3 is 15.4 Å².